The molecule has 0 amide bonds. The molecule has 7 heteroatoms. The molecule has 0 spiro atoms. The first-order valence-electron chi connectivity index (χ1n) is 8.44. The van der Waals surface area contributed by atoms with Crippen molar-refractivity contribution in [2.24, 2.45) is 5.92 Å². The van der Waals surface area contributed by atoms with Gasteiger partial charge in [0.05, 0.1) is 23.5 Å². The fraction of sp³-hybridized carbons (Fsp3) is 0.250. The van der Waals surface area contributed by atoms with Gasteiger partial charge in [-0.1, -0.05) is 25.1 Å². The van der Waals surface area contributed by atoms with Crippen LogP contribution in [0.25, 0.3) is 0 Å². The second kappa shape index (κ2) is 7.64. The first-order valence-corrected chi connectivity index (χ1v) is 8.44. The molecule has 5 nitrogen and oxygen atoms in total. The van der Waals surface area contributed by atoms with E-state index in [1.807, 2.05) is 0 Å². The predicted octanol–water partition coefficient (Wildman–Crippen LogP) is 3.26. The summed E-state index contributed by atoms with van der Waals surface area (Å²) in [6.45, 7) is 1.79. The Bertz CT molecular complexity index is 951. The Hall–Kier alpha value is -3.11. The van der Waals surface area contributed by atoms with Gasteiger partial charge in [0.1, 0.15) is 17.2 Å². The predicted molar refractivity (Wildman–Crippen MR) is 94.4 cm³/mol. The largest absolute Gasteiger partial charge is 0.384 e. The summed E-state index contributed by atoms with van der Waals surface area (Å²) in [7, 11) is 0. The van der Waals surface area contributed by atoms with Crippen LogP contribution in [0.15, 0.2) is 48.7 Å². The van der Waals surface area contributed by atoms with Gasteiger partial charge in [-0.3, -0.25) is 0 Å². The van der Waals surface area contributed by atoms with Crippen LogP contribution in [0.1, 0.15) is 29.3 Å². The van der Waals surface area contributed by atoms with E-state index in [4.69, 9.17) is 5.26 Å². The lowest BCUT2D eigenvalue weighted by Crippen LogP contribution is -2.38. The van der Waals surface area contributed by atoms with Crippen molar-refractivity contribution in [2.45, 2.75) is 25.4 Å². The average Bonchev–Trinajstić information content (AvgIpc) is 3.15. The quantitative estimate of drug-likeness (QED) is 0.699. The minimum absolute atomic E-state index is 0.00745. The second-order valence-electron chi connectivity index (χ2n) is 6.60. The van der Waals surface area contributed by atoms with Gasteiger partial charge in [-0.25, -0.2) is 8.78 Å². The molecule has 0 saturated heterocycles. The number of halogens is 2. The van der Waals surface area contributed by atoms with E-state index in [0.29, 0.717) is 17.7 Å². The Morgan fingerprint density at radius 3 is 2.56 bits per heavy atom. The topological polar surface area (TPSA) is 85.6 Å². The van der Waals surface area contributed by atoms with Crippen molar-refractivity contribution < 1.29 is 13.9 Å². The Balaban J connectivity index is 1.96. The van der Waals surface area contributed by atoms with Crippen molar-refractivity contribution >= 4 is 0 Å². The number of H-pyrrole nitrogens is 1. The number of nitrogens with zero attached hydrogens (tertiary/aromatic N) is 3. The van der Waals surface area contributed by atoms with Crippen molar-refractivity contribution in [2.75, 3.05) is 0 Å². The van der Waals surface area contributed by atoms with Gasteiger partial charge >= 0.3 is 0 Å². The number of nitrogens with one attached hydrogen (secondary N) is 1. The third kappa shape index (κ3) is 4.01. The van der Waals surface area contributed by atoms with Crippen molar-refractivity contribution in [3.05, 3.63) is 82.7 Å². The summed E-state index contributed by atoms with van der Waals surface area (Å²) in [5.41, 5.74) is 0.278. The number of aromatic amines is 1. The molecule has 3 aromatic rings. The number of benzene rings is 2. The molecule has 2 atom stereocenters. The number of hydrogen-bond donors (Lipinski definition) is 2. The molecule has 0 fully saturated rings. The van der Waals surface area contributed by atoms with Crippen molar-refractivity contribution in [1.82, 2.24) is 15.4 Å². The molecule has 0 bridgehead atoms. The van der Waals surface area contributed by atoms with Crippen molar-refractivity contribution in [1.29, 1.82) is 5.26 Å². The molecule has 0 radical (unpaired) electrons. The highest BCUT2D eigenvalue weighted by Crippen LogP contribution is 2.36. The van der Waals surface area contributed by atoms with Crippen LogP contribution >= 0.6 is 0 Å². The van der Waals surface area contributed by atoms with E-state index in [1.165, 1.54) is 12.3 Å². The molecular weight excluding hydrogens is 350 g/mol. The Labute approximate surface area is 155 Å². The summed E-state index contributed by atoms with van der Waals surface area (Å²) < 4.78 is 27.8. The normalized spacial score (nSPS) is 14.3. The molecule has 138 valence electrons. The molecule has 0 aliphatic carbocycles. The fourth-order valence-corrected chi connectivity index (χ4v) is 3.20. The van der Waals surface area contributed by atoms with Crippen molar-refractivity contribution in [3.8, 4) is 6.07 Å². The van der Waals surface area contributed by atoms with Crippen LogP contribution in [0.4, 0.5) is 8.78 Å². The highest BCUT2D eigenvalue weighted by atomic mass is 19.1. The van der Waals surface area contributed by atoms with E-state index < -0.39 is 23.2 Å². The van der Waals surface area contributed by atoms with E-state index in [1.54, 1.807) is 31.2 Å². The zero-order valence-corrected chi connectivity index (χ0v) is 14.7. The Morgan fingerprint density at radius 1 is 1.22 bits per heavy atom. The summed E-state index contributed by atoms with van der Waals surface area (Å²) in [5.74, 6) is -1.95. The lowest BCUT2D eigenvalue weighted by molar-refractivity contribution is -0.0210. The number of aromatic nitrogens is 3. The van der Waals surface area contributed by atoms with Gasteiger partial charge < -0.3 is 5.11 Å². The molecule has 0 aliphatic rings. The minimum Gasteiger partial charge on any atom is -0.384 e. The average molecular weight is 368 g/mol. The van der Waals surface area contributed by atoms with Gasteiger partial charge in [0.15, 0.2) is 0 Å². The third-order valence-electron chi connectivity index (χ3n) is 4.75. The molecule has 0 aliphatic heterocycles. The van der Waals surface area contributed by atoms with E-state index in [2.05, 4.69) is 21.5 Å². The SMILES string of the molecule is CC(Cc1ccc(C#N)cc1)C(O)(Cc1cn[nH]n1)c1ccc(F)cc1F. The lowest BCUT2D eigenvalue weighted by atomic mass is 9.76. The van der Waals surface area contributed by atoms with E-state index in [-0.39, 0.29) is 12.0 Å². The maximum absolute atomic E-state index is 14.5. The van der Waals surface area contributed by atoms with Crippen LogP contribution in [0.2, 0.25) is 0 Å². The lowest BCUT2D eigenvalue weighted by Gasteiger charge is -2.34. The molecule has 27 heavy (non-hydrogen) atoms. The zero-order valence-electron chi connectivity index (χ0n) is 14.7. The Morgan fingerprint density at radius 2 is 1.96 bits per heavy atom. The zero-order chi connectivity index (χ0) is 19.4. The molecule has 0 saturated carbocycles. The van der Waals surface area contributed by atoms with Gasteiger partial charge in [-0.15, -0.1) is 0 Å². The number of hydrogen-bond acceptors (Lipinski definition) is 4. The molecule has 2 N–H and O–H groups in total. The molecular formula is C20H18F2N4O. The molecule has 2 unspecified atom stereocenters. The second-order valence-corrected chi connectivity index (χ2v) is 6.60. The summed E-state index contributed by atoms with van der Waals surface area (Å²) in [6.07, 6.45) is 1.90. The number of rotatable bonds is 6. The van der Waals surface area contributed by atoms with Crippen molar-refractivity contribution in [3.63, 3.8) is 0 Å². The van der Waals surface area contributed by atoms with Crippen LogP contribution in [0, 0.1) is 28.9 Å². The Kier molecular flexibility index (Phi) is 5.28. The van der Waals surface area contributed by atoms with Crippen LogP contribution in [-0.4, -0.2) is 20.5 Å². The highest BCUT2D eigenvalue weighted by molar-refractivity contribution is 5.33. The van der Waals surface area contributed by atoms with Gasteiger partial charge in [0, 0.05) is 18.1 Å². The van der Waals surface area contributed by atoms with Gasteiger partial charge in [-0.2, -0.15) is 20.7 Å². The maximum Gasteiger partial charge on any atom is 0.132 e. The van der Waals surface area contributed by atoms with E-state index in [0.717, 1.165) is 17.7 Å². The van der Waals surface area contributed by atoms with E-state index in [9.17, 15) is 13.9 Å². The first-order chi connectivity index (χ1) is 12.9. The van der Waals surface area contributed by atoms with Crippen LogP contribution in [0.5, 0.6) is 0 Å². The third-order valence-corrected chi connectivity index (χ3v) is 4.75. The van der Waals surface area contributed by atoms with Crippen LogP contribution < -0.4 is 0 Å². The summed E-state index contributed by atoms with van der Waals surface area (Å²) >= 11 is 0. The molecule has 3 rings (SSSR count). The number of nitriles is 1. The van der Waals surface area contributed by atoms with Gasteiger partial charge in [-0.05, 0) is 36.1 Å². The number of aliphatic hydroxyl groups is 1. The van der Waals surface area contributed by atoms with E-state index >= 15 is 0 Å². The maximum atomic E-state index is 14.5. The van der Waals surface area contributed by atoms with Gasteiger partial charge in [0.2, 0.25) is 0 Å². The molecule has 2 aromatic carbocycles. The van der Waals surface area contributed by atoms with Crippen LogP contribution in [-0.2, 0) is 18.4 Å². The highest BCUT2D eigenvalue weighted by Gasteiger charge is 2.39. The molecule has 1 heterocycles. The van der Waals surface area contributed by atoms with Crippen LogP contribution in [0.3, 0.4) is 0 Å². The summed E-state index contributed by atoms with van der Waals surface area (Å²) in [4.78, 5) is 0. The summed E-state index contributed by atoms with van der Waals surface area (Å²) in [6, 6.07) is 12.2. The minimum atomic E-state index is -1.62. The standard InChI is InChI=1S/C20H18F2N4O/c1-13(8-14-2-4-15(11-23)5-3-14)20(27,10-17-12-24-26-25-17)18-7-6-16(21)9-19(18)22/h2-7,9,12-13,27H,8,10H2,1H3,(H,24,25,26). The smallest absolute Gasteiger partial charge is 0.132 e. The monoisotopic (exact) mass is 368 g/mol. The summed E-state index contributed by atoms with van der Waals surface area (Å²) in [5, 5.41) is 30.5. The molecule has 1 aromatic heterocycles. The van der Waals surface area contributed by atoms with Gasteiger partial charge in [0.25, 0.3) is 0 Å². The first kappa shape index (κ1) is 18.7. The fourth-order valence-electron chi connectivity index (χ4n) is 3.20.